The molecule has 0 saturated heterocycles. The lowest BCUT2D eigenvalue weighted by Crippen LogP contribution is -2.43. The van der Waals surface area contributed by atoms with Crippen LogP contribution < -0.4 is 11.1 Å². The van der Waals surface area contributed by atoms with Crippen molar-refractivity contribution in [3.8, 4) is 0 Å². The molecule has 3 N–H and O–H groups in total. The monoisotopic (exact) mass is 320 g/mol. The Kier molecular flexibility index (Phi) is 5.37. The minimum atomic E-state index is -0.217. The minimum absolute atomic E-state index is 0.131. The lowest BCUT2D eigenvalue weighted by Gasteiger charge is -2.15. The van der Waals surface area contributed by atoms with Crippen molar-refractivity contribution in [1.29, 1.82) is 0 Å². The molecule has 1 amide bonds. The van der Waals surface area contributed by atoms with Gasteiger partial charge in [-0.2, -0.15) is 0 Å². The van der Waals surface area contributed by atoms with Crippen LogP contribution >= 0.6 is 39.5 Å². The molecule has 0 saturated carbocycles. The maximum absolute atomic E-state index is 11.8. The Balaban J connectivity index is 2.65. The van der Waals surface area contributed by atoms with E-state index in [2.05, 4.69) is 21.2 Å². The molecule has 6 heteroatoms. The zero-order valence-electron chi connectivity index (χ0n) is 8.83. The maximum Gasteiger partial charge on any atom is 0.252 e. The van der Waals surface area contributed by atoms with Gasteiger partial charge < -0.3 is 11.1 Å². The second kappa shape index (κ2) is 6.32. The van der Waals surface area contributed by atoms with Gasteiger partial charge in [-0.15, -0.1) is 11.3 Å². The number of thiophene rings is 1. The molecule has 1 heterocycles. The van der Waals surface area contributed by atoms with Gasteiger partial charge in [0.05, 0.1) is 20.4 Å². The molecule has 0 aliphatic carbocycles. The minimum Gasteiger partial charge on any atom is -0.392 e. The first-order valence-corrected chi connectivity index (χ1v) is 6.97. The van der Waals surface area contributed by atoms with Crippen molar-refractivity contribution >= 4 is 50.4 Å². The van der Waals surface area contributed by atoms with Crippen LogP contribution in [0.2, 0.25) is 0 Å². The van der Waals surface area contributed by atoms with E-state index in [1.807, 2.05) is 6.92 Å². The molecule has 16 heavy (non-hydrogen) atoms. The number of halogens is 1. The van der Waals surface area contributed by atoms with Crippen LogP contribution in [0.4, 0.5) is 0 Å². The summed E-state index contributed by atoms with van der Waals surface area (Å²) < 4.78 is 0.931. The fourth-order valence-electron chi connectivity index (χ4n) is 1.24. The summed E-state index contributed by atoms with van der Waals surface area (Å²) in [4.78, 5) is 12.1. The van der Waals surface area contributed by atoms with Gasteiger partial charge in [-0.25, -0.2) is 0 Å². The largest absolute Gasteiger partial charge is 0.392 e. The van der Waals surface area contributed by atoms with E-state index in [-0.39, 0.29) is 11.9 Å². The average molecular weight is 321 g/mol. The zero-order valence-corrected chi connectivity index (χ0v) is 12.0. The molecule has 1 aromatic heterocycles. The number of nitrogens with one attached hydrogen (secondary N) is 1. The third kappa shape index (κ3) is 3.84. The van der Waals surface area contributed by atoms with Crippen molar-refractivity contribution < 1.29 is 4.79 Å². The highest BCUT2D eigenvalue weighted by molar-refractivity contribution is 9.11. The van der Waals surface area contributed by atoms with Gasteiger partial charge in [-0.1, -0.05) is 25.6 Å². The summed E-state index contributed by atoms with van der Waals surface area (Å²) in [6, 6.07) is 1.56. The van der Waals surface area contributed by atoms with Crippen LogP contribution in [0, 0.1) is 0 Å². The molecule has 0 spiro atoms. The number of hydrogen-bond acceptors (Lipinski definition) is 3. The van der Waals surface area contributed by atoms with Gasteiger partial charge in [-0.3, -0.25) is 4.79 Å². The summed E-state index contributed by atoms with van der Waals surface area (Å²) in [6.45, 7) is 2.03. The third-order valence-electron chi connectivity index (χ3n) is 2.06. The molecule has 0 aromatic carbocycles. The van der Waals surface area contributed by atoms with Gasteiger partial charge in [0, 0.05) is 5.38 Å². The number of rotatable bonds is 5. The van der Waals surface area contributed by atoms with Crippen LogP contribution in [0.3, 0.4) is 0 Å². The molecule has 1 aromatic rings. The number of hydrogen-bond donors (Lipinski definition) is 2. The first kappa shape index (κ1) is 13.6. The lowest BCUT2D eigenvalue weighted by atomic mass is 10.1. The zero-order chi connectivity index (χ0) is 12.1. The van der Waals surface area contributed by atoms with E-state index in [9.17, 15) is 4.79 Å². The van der Waals surface area contributed by atoms with E-state index in [0.29, 0.717) is 10.6 Å². The molecule has 0 radical (unpaired) electrons. The standard InChI is InChI=1S/C10H13BrN2OS2/c1-2-3-7(9(12)15)13-10(14)6-4-8(11)16-5-6/h4-5,7H,2-3H2,1H3,(H2,12,15)(H,13,14). The van der Waals surface area contributed by atoms with Crippen LogP contribution in [-0.2, 0) is 0 Å². The van der Waals surface area contributed by atoms with Gasteiger partial charge in [-0.05, 0) is 28.4 Å². The van der Waals surface area contributed by atoms with Crippen LogP contribution in [0.1, 0.15) is 30.1 Å². The van der Waals surface area contributed by atoms with Crippen molar-refractivity contribution in [3.05, 3.63) is 20.8 Å². The van der Waals surface area contributed by atoms with Crippen molar-refractivity contribution in [1.82, 2.24) is 5.32 Å². The summed E-state index contributed by atoms with van der Waals surface area (Å²) in [5, 5.41) is 4.62. The molecule has 0 aliphatic rings. The Morgan fingerprint density at radius 3 is 2.88 bits per heavy atom. The summed E-state index contributed by atoms with van der Waals surface area (Å²) in [6.07, 6.45) is 1.70. The summed E-state index contributed by atoms with van der Waals surface area (Å²) >= 11 is 9.70. The van der Waals surface area contributed by atoms with Crippen LogP contribution in [0.25, 0.3) is 0 Å². The van der Waals surface area contributed by atoms with Gasteiger partial charge in [0.15, 0.2) is 0 Å². The third-order valence-corrected chi connectivity index (χ3v) is 3.84. The highest BCUT2D eigenvalue weighted by Gasteiger charge is 2.15. The quantitative estimate of drug-likeness (QED) is 0.820. The molecule has 0 fully saturated rings. The summed E-state index contributed by atoms with van der Waals surface area (Å²) in [5.41, 5.74) is 6.20. The summed E-state index contributed by atoms with van der Waals surface area (Å²) in [5.74, 6) is -0.131. The Hall–Kier alpha value is -0.460. The molecule has 1 atom stereocenters. The van der Waals surface area contributed by atoms with Crippen molar-refractivity contribution in [3.63, 3.8) is 0 Å². The van der Waals surface area contributed by atoms with Gasteiger partial charge >= 0.3 is 0 Å². The highest BCUT2D eigenvalue weighted by atomic mass is 79.9. The topological polar surface area (TPSA) is 55.1 Å². The molecule has 1 unspecified atom stereocenters. The van der Waals surface area contributed by atoms with Crippen molar-refractivity contribution in [2.45, 2.75) is 25.8 Å². The van der Waals surface area contributed by atoms with Gasteiger partial charge in [0.25, 0.3) is 5.91 Å². The number of carbonyl (C=O) groups excluding carboxylic acids is 1. The smallest absolute Gasteiger partial charge is 0.252 e. The Labute approximate surface area is 113 Å². The molecular formula is C10H13BrN2OS2. The van der Waals surface area contributed by atoms with E-state index in [0.717, 1.165) is 16.6 Å². The molecular weight excluding hydrogens is 308 g/mol. The van der Waals surface area contributed by atoms with Gasteiger partial charge in [0.1, 0.15) is 0 Å². The maximum atomic E-state index is 11.8. The van der Waals surface area contributed by atoms with Crippen LogP contribution in [-0.4, -0.2) is 16.9 Å². The van der Waals surface area contributed by atoms with Crippen LogP contribution in [0.5, 0.6) is 0 Å². The Morgan fingerprint density at radius 1 is 1.75 bits per heavy atom. The van der Waals surface area contributed by atoms with E-state index in [1.165, 1.54) is 11.3 Å². The predicted octanol–water partition coefficient (Wildman–Crippen LogP) is 2.70. The first-order valence-electron chi connectivity index (χ1n) is 4.88. The number of amides is 1. The second-order valence-electron chi connectivity index (χ2n) is 3.36. The SMILES string of the molecule is CCCC(NC(=O)c1csc(Br)c1)C(N)=S. The van der Waals surface area contributed by atoms with E-state index < -0.39 is 0 Å². The molecule has 1 rings (SSSR count). The van der Waals surface area contributed by atoms with Crippen molar-refractivity contribution in [2.75, 3.05) is 0 Å². The normalized spacial score (nSPS) is 12.1. The molecule has 0 aliphatic heterocycles. The number of carbonyl (C=O) groups is 1. The lowest BCUT2D eigenvalue weighted by molar-refractivity contribution is 0.0946. The van der Waals surface area contributed by atoms with E-state index in [4.69, 9.17) is 18.0 Å². The van der Waals surface area contributed by atoms with Gasteiger partial charge in [0.2, 0.25) is 0 Å². The first-order chi connectivity index (χ1) is 7.54. The highest BCUT2D eigenvalue weighted by Crippen LogP contribution is 2.20. The van der Waals surface area contributed by atoms with E-state index in [1.54, 1.807) is 11.4 Å². The summed E-state index contributed by atoms with van der Waals surface area (Å²) in [7, 11) is 0. The predicted molar refractivity (Wildman–Crippen MR) is 75.0 cm³/mol. The molecule has 0 bridgehead atoms. The molecule has 3 nitrogen and oxygen atoms in total. The second-order valence-corrected chi connectivity index (χ2v) is 6.12. The fourth-order valence-corrected chi connectivity index (χ4v) is 2.56. The molecule has 88 valence electrons. The number of thiocarbonyl (C=S) groups is 1. The average Bonchev–Trinajstić information content (AvgIpc) is 2.64. The number of nitrogens with two attached hydrogens (primary N) is 1. The van der Waals surface area contributed by atoms with Crippen molar-refractivity contribution in [2.24, 2.45) is 5.73 Å². The van der Waals surface area contributed by atoms with Crippen LogP contribution in [0.15, 0.2) is 15.2 Å². The fraction of sp³-hybridized carbons (Fsp3) is 0.400. The Morgan fingerprint density at radius 2 is 2.44 bits per heavy atom. The Bertz CT molecular complexity index is 392. The van der Waals surface area contributed by atoms with E-state index >= 15 is 0 Å².